The lowest BCUT2D eigenvalue weighted by atomic mass is 10.1. The SMILES string of the molecule is CCc1cccc(C)c1NC(=O)C1CC1C(=O)Nc1cc(Cl)ccc1C. The van der Waals surface area contributed by atoms with E-state index in [0.29, 0.717) is 17.1 Å². The van der Waals surface area contributed by atoms with Gasteiger partial charge in [0.2, 0.25) is 11.8 Å². The first kappa shape index (κ1) is 18.5. The highest BCUT2D eigenvalue weighted by atomic mass is 35.5. The Morgan fingerprint density at radius 2 is 1.73 bits per heavy atom. The molecule has 0 aliphatic heterocycles. The van der Waals surface area contributed by atoms with Crippen LogP contribution in [0.3, 0.4) is 0 Å². The lowest BCUT2D eigenvalue weighted by Crippen LogP contribution is -2.21. The number of rotatable bonds is 5. The van der Waals surface area contributed by atoms with E-state index in [4.69, 9.17) is 11.6 Å². The maximum absolute atomic E-state index is 12.6. The van der Waals surface area contributed by atoms with Crippen LogP contribution in [0.5, 0.6) is 0 Å². The topological polar surface area (TPSA) is 58.2 Å². The van der Waals surface area contributed by atoms with E-state index in [1.54, 1.807) is 12.1 Å². The summed E-state index contributed by atoms with van der Waals surface area (Å²) in [6.45, 7) is 5.95. The summed E-state index contributed by atoms with van der Waals surface area (Å²) in [5, 5.41) is 6.48. The molecule has 0 heterocycles. The van der Waals surface area contributed by atoms with Crippen LogP contribution in [0.15, 0.2) is 36.4 Å². The summed E-state index contributed by atoms with van der Waals surface area (Å²) in [5.74, 6) is -0.783. The van der Waals surface area contributed by atoms with Crippen LogP contribution in [-0.2, 0) is 16.0 Å². The third kappa shape index (κ3) is 3.91. The summed E-state index contributed by atoms with van der Waals surface area (Å²) in [6.07, 6.45) is 1.42. The van der Waals surface area contributed by atoms with Crippen molar-refractivity contribution in [1.82, 2.24) is 0 Å². The van der Waals surface area contributed by atoms with Gasteiger partial charge in [0.15, 0.2) is 0 Å². The first-order valence-electron chi connectivity index (χ1n) is 8.87. The third-order valence-corrected chi connectivity index (χ3v) is 5.14. The normalized spacial score (nSPS) is 18.3. The van der Waals surface area contributed by atoms with Gasteiger partial charge in [0, 0.05) is 16.4 Å². The van der Waals surface area contributed by atoms with E-state index in [1.165, 1.54) is 0 Å². The van der Waals surface area contributed by atoms with E-state index < -0.39 is 0 Å². The summed E-state index contributed by atoms with van der Waals surface area (Å²) >= 11 is 5.99. The van der Waals surface area contributed by atoms with Crippen LogP contribution < -0.4 is 10.6 Å². The Hall–Kier alpha value is -2.33. The van der Waals surface area contributed by atoms with E-state index >= 15 is 0 Å². The Bertz CT molecular complexity index is 863. The molecule has 0 saturated heterocycles. The molecule has 0 radical (unpaired) electrons. The van der Waals surface area contributed by atoms with Crippen LogP contribution in [0, 0.1) is 25.7 Å². The number of anilines is 2. The third-order valence-electron chi connectivity index (χ3n) is 4.91. The van der Waals surface area contributed by atoms with E-state index in [1.807, 2.05) is 38.1 Å². The van der Waals surface area contributed by atoms with E-state index in [2.05, 4.69) is 17.6 Å². The molecular formula is C21H23ClN2O2. The Kier molecular flexibility index (Phi) is 5.33. The molecule has 1 aliphatic carbocycles. The van der Waals surface area contributed by atoms with Crippen molar-refractivity contribution in [1.29, 1.82) is 0 Å². The molecule has 2 atom stereocenters. The van der Waals surface area contributed by atoms with Crippen LogP contribution in [0.4, 0.5) is 11.4 Å². The monoisotopic (exact) mass is 370 g/mol. The molecule has 0 bridgehead atoms. The van der Waals surface area contributed by atoms with Gasteiger partial charge in [-0.3, -0.25) is 9.59 Å². The van der Waals surface area contributed by atoms with Crippen molar-refractivity contribution in [2.45, 2.75) is 33.6 Å². The maximum atomic E-state index is 12.6. The summed E-state index contributed by atoms with van der Waals surface area (Å²) in [5.41, 5.74) is 4.65. The highest BCUT2D eigenvalue weighted by Gasteiger charge is 2.48. The molecular weight excluding hydrogens is 348 g/mol. The largest absolute Gasteiger partial charge is 0.326 e. The van der Waals surface area contributed by atoms with Gasteiger partial charge < -0.3 is 10.6 Å². The molecule has 1 saturated carbocycles. The predicted molar refractivity (Wildman–Crippen MR) is 106 cm³/mol. The van der Waals surface area contributed by atoms with Gasteiger partial charge in [-0.25, -0.2) is 0 Å². The minimum absolute atomic E-state index is 0.0861. The van der Waals surface area contributed by atoms with Gasteiger partial charge in [-0.2, -0.15) is 0 Å². The second-order valence-corrected chi connectivity index (χ2v) is 7.29. The van der Waals surface area contributed by atoms with Crippen LogP contribution in [-0.4, -0.2) is 11.8 Å². The van der Waals surface area contributed by atoms with Crippen molar-refractivity contribution < 1.29 is 9.59 Å². The first-order chi connectivity index (χ1) is 12.4. The van der Waals surface area contributed by atoms with Crippen LogP contribution in [0.2, 0.25) is 5.02 Å². The molecule has 26 heavy (non-hydrogen) atoms. The number of hydrogen-bond donors (Lipinski definition) is 2. The van der Waals surface area contributed by atoms with Gasteiger partial charge in [-0.15, -0.1) is 0 Å². The molecule has 136 valence electrons. The Labute approximate surface area is 158 Å². The zero-order valence-electron chi connectivity index (χ0n) is 15.2. The molecule has 4 nitrogen and oxygen atoms in total. The average Bonchev–Trinajstić information content (AvgIpc) is 3.41. The average molecular weight is 371 g/mol. The number of halogens is 1. The van der Waals surface area contributed by atoms with Gasteiger partial charge in [-0.05, 0) is 55.5 Å². The number of nitrogens with one attached hydrogen (secondary N) is 2. The fourth-order valence-corrected chi connectivity index (χ4v) is 3.32. The number of aryl methyl sites for hydroxylation is 3. The quantitative estimate of drug-likeness (QED) is 0.799. The van der Waals surface area contributed by atoms with E-state index in [0.717, 1.165) is 28.8 Å². The second kappa shape index (κ2) is 7.50. The zero-order chi connectivity index (χ0) is 18.8. The molecule has 2 aromatic rings. The number of hydrogen-bond acceptors (Lipinski definition) is 2. The minimum atomic E-state index is -0.289. The molecule has 0 spiro atoms. The van der Waals surface area contributed by atoms with E-state index in [9.17, 15) is 9.59 Å². The smallest absolute Gasteiger partial charge is 0.228 e. The van der Waals surface area contributed by atoms with Crippen molar-refractivity contribution in [2.75, 3.05) is 10.6 Å². The Morgan fingerprint density at radius 1 is 1.04 bits per heavy atom. The second-order valence-electron chi connectivity index (χ2n) is 6.85. The summed E-state index contributed by atoms with van der Waals surface area (Å²) < 4.78 is 0. The summed E-state index contributed by atoms with van der Waals surface area (Å²) in [7, 11) is 0. The van der Waals surface area contributed by atoms with Crippen molar-refractivity contribution >= 4 is 34.8 Å². The lowest BCUT2D eigenvalue weighted by Gasteiger charge is -2.13. The molecule has 0 aromatic heterocycles. The molecule has 1 aliphatic rings. The van der Waals surface area contributed by atoms with Crippen molar-refractivity contribution in [3.63, 3.8) is 0 Å². The minimum Gasteiger partial charge on any atom is -0.326 e. The first-order valence-corrected chi connectivity index (χ1v) is 9.25. The number of carbonyl (C=O) groups excluding carboxylic acids is 2. The maximum Gasteiger partial charge on any atom is 0.228 e. The molecule has 2 unspecified atom stereocenters. The standard InChI is InChI=1S/C21H23ClN2O2/c1-4-14-7-5-6-13(3)19(14)24-21(26)17-11-16(17)20(25)23-18-10-15(22)9-8-12(18)2/h5-10,16-17H,4,11H2,1-3H3,(H,23,25)(H,24,26). The van der Waals surface area contributed by atoms with Crippen LogP contribution in [0.25, 0.3) is 0 Å². The highest BCUT2D eigenvalue weighted by molar-refractivity contribution is 6.31. The van der Waals surface area contributed by atoms with Gasteiger partial charge in [0.1, 0.15) is 0 Å². The zero-order valence-corrected chi connectivity index (χ0v) is 16.0. The summed E-state index contributed by atoms with van der Waals surface area (Å²) in [4.78, 5) is 25.0. The number of carbonyl (C=O) groups is 2. The van der Waals surface area contributed by atoms with Gasteiger partial charge >= 0.3 is 0 Å². The molecule has 2 N–H and O–H groups in total. The molecule has 2 amide bonds. The van der Waals surface area contributed by atoms with Crippen LogP contribution in [0.1, 0.15) is 30.0 Å². The summed E-state index contributed by atoms with van der Waals surface area (Å²) in [6, 6.07) is 11.4. The predicted octanol–water partition coefficient (Wildman–Crippen LogP) is 4.73. The highest BCUT2D eigenvalue weighted by Crippen LogP contribution is 2.41. The molecule has 3 rings (SSSR count). The van der Waals surface area contributed by atoms with Gasteiger partial charge in [0.05, 0.1) is 11.8 Å². The lowest BCUT2D eigenvalue weighted by molar-refractivity contribution is -0.122. The Morgan fingerprint density at radius 3 is 2.42 bits per heavy atom. The Balaban J connectivity index is 1.64. The number of benzene rings is 2. The van der Waals surface area contributed by atoms with Crippen molar-refractivity contribution in [3.05, 3.63) is 58.1 Å². The van der Waals surface area contributed by atoms with E-state index in [-0.39, 0.29) is 23.7 Å². The van der Waals surface area contributed by atoms with Gasteiger partial charge in [-0.1, -0.05) is 42.8 Å². The fraction of sp³-hybridized carbons (Fsp3) is 0.333. The number of amides is 2. The molecule has 5 heteroatoms. The molecule has 1 fully saturated rings. The van der Waals surface area contributed by atoms with Crippen LogP contribution >= 0.6 is 11.6 Å². The number of para-hydroxylation sites is 1. The fourth-order valence-electron chi connectivity index (χ4n) is 3.15. The van der Waals surface area contributed by atoms with Gasteiger partial charge in [0.25, 0.3) is 0 Å². The van der Waals surface area contributed by atoms with Crippen molar-refractivity contribution in [2.24, 2.45) is 11.8 Å². The molecule has 2 aromatic carbocycles. The van der Waals surface area contributed by atoms with Crippen molar-refractivity contribution in [3.8, 4) is 0 Å².